The van der Waals surface area contributed by atoms with Gasteiger partial charge >= 0.3 is 5.97 Å². The van der Waals surface area contributed by atoms with E-state index in [0.717, 1.165) is 18.5 Å². The Hall–Kier alpha value is -0.290. The minimum Gasteiger partial charge on any atom is -0.480 e. The van der Waals surface area contributed by atoms with Crippen LogP contribution in [0, 0.1) is 0 Å². The lowest BCUT2D eigenvalue weighted by Crippen LogP contribution is -2.35. The summed E-state index contributed by atoms with van der Waals surface area (Å²) in [4.78, 5) is 12.9. The predicted molar refractivity (Wildman–Crippen MR) is 65.4 cm³/mol. The molecule has 88 valence electrons. The van der Waals surface area contributed by atoms with Crippen LogP contribution in [0.5, 0.6) is 0 Å². The Morgan fingerprint density at radius 2 is 2.38 bits per heavy atom. The zero-order valence-corrected chi connectivity index (χ0v) is 10.8. The van der Waals surface area contributed by atoms with Gasteiger partial charge in [-0.25, -0.2) is 0 Å². The molecule has 0 aliphatic carbocycles. The maximum absolute atomic E-state index is 11.0. The molecule has 0 unspecified atom stereocenters. The maximum atomic E-state index is 11.0. The smallest absolute Gasteiger partial charge is 0.320 e. The van der Waals surface area contributed by atoms with Crippen molar-refractivity contribution in [1.82, 2.24) is 4.90 Å². The zero-order chi connectivity index (χ0) is 11.7. The Bertz CT molecular complexity index is 408. The van der Waals surface area contributed by atoms with Crippen LogP contribution >= 0.6 is 34.5 Å². The molecule has 1 N–H and O–H groups in total. The van der Waals surface area contributed by atoms with Gasteiger partial charge < -0.3 is 5.11 Å². The van der Waals surface area contributed by atoms with Gasteiger partial charge in [0, 0.05) is 6.54 Å². The molecule has 1 fully saturated rings. The molecule has 1 aliphatic rings. The van der Waals surface area contributed by atoms with Crippen LogP contribution in [-0.2, 0) is 11.3 Å². The largest absolute Gasteiger partial charge is 0.480 e. The normalized spacial score (nSPS) is 21.5. The summed E-state index contributed by atoms with van der Waals surface area (Å²) in [5.41, 5.74) is 0.921. The number of aliphatic carboxylic acids is 1. The predicted octanol–water partition coefficient (Wildman–Crippen LogP) is 3.10. The minimum atomic E-state index is -0.755. The van der Waals surface area contributed by atoms with E-state index in [2.05, 4.69) is 0 Å². The molecule has 0 amide bonds. The van der Waals surface area contributed by atoms with Crippen molar-refractivity contribution in [2.24, 2.45) is 0 Å². The number of carbonyl (C=O) groups is 1. The molecule has 2 rings (SSSR count). The van der Waals surface area contributed by atoms with E-state index in [1.54, 1.807) is 0 Å². The Morgan fingerprint density at radius 1 is 1.62 bits per heavy atom. The summed E-state index contributed by atoms with van der Waals surface area (Å²) in [5.74, 6) is -0.755. The first-order valence-electron chi connectivity index (χ1n) is 4.98. The van der Waals surface area contributed by atoms with Gasteiger partial charge in [0.25, 0.3) is 0 Å². The lowest BCUT2D eigenvalue weighted by Gasteiger charge is -2.20. The van der Waals surface area contributed by atoms with E-state index in [-0.39, 0.29) is 6.04 Å². The molecular formula is C10H11Cl2NO2S. The molecule has 0 bridgehead atoms. The number of hydrogen-bond acceptors (Lipinski definition) is 3. The molecule has 1 aromatic heterocycles. The number of carboxylic acids is 1. The highest BCUT2D eigenvalue weighted by Crippen LogP contribution is 2.34. The van der Waals surface area contributed by atoms with Gasteiger partial charge in [0.1, 0.15) is 10.4 Å². The van der Waals surface area contributed by atoms with Crippen molar-refractivity contribution in [2.45, 2.75) is 25.4 Å². The van der Waals surface area contributed by atoms with E-state index in [9.17, 15) is 4.79 Å². The second kappa shape index (κ2) is 4.92. The molecule has 3 nitrogen and oxygen atoms in total. The number of thiophene rings is 1. The van der Waals surface area contributed by atoms with Gasteiger partial charge in [-0.1, -0.05) is 23.2 Å². The minimum absolute atomic E-state index is 0.380. The standard InChI is InChI=1S/C10H11Cl2NO2S/c11-8-6(5-16-9(8)12)4-13-3-1-2-7(13)10(14)15/h5,7H,1-4H2,(H,14,15)/t7-/m1/s1. The number of rotatable bonds is 3. The average molecular weight is 280 g/mol. The Kier molecular flexibility index (Phi) is 3.74. The fraction of sp³-hybridized carbons (Fsp3) is 0.500. The van der Waals surface area contributed by atoms with Gasteiger partial charge in [0.15, 0.2) is 0 Å². The zero-order valence-electron chi connectivity index (χ0n) is 8.45. The lowest BCUT2D eigenvalue weighted by molar-refractivity contribution is -0.142. The third kappa shape index (κ3) is 2.35. The molecule has 2 heterocycles. The van der Waals surface area contributed by atoms with Gasteiger partial charge in [0.05, 0.1) is 5.02 Å². The first-order chi connectivity index (χ1) is 7.59. The highest BCUT2D eigenvalue weighted by atomic mass is 35.5. The van der Waals surface area contributed by atoms with Crippen molar-refractivity contribution >= 4 is 40.5 Å². The van der Waals surface area contributed by atoms with E-state index in [0.29, 0.717) is 22.3 Å². The second-order valence-corrected chi connectivity index (χ2v) is 5.68. The summed E-state index contributed by atoms with van der Waals surface area (Å²) in [5, 5.41) is 11.5. The topological polar surface area (TPSA) is 40.5 Å². The Balaban J connectivity index is 2.09. The van der Waals surface area contributed by atoms with Crippen LogP contribution < -0.4 is 0 Å². The molecule has 1 aliphatic heterocycles. The molecular weight excluding hydrogens is 269 g/mol. The molecule has 0 spiro atoms. The van der Waals surface area contributed by atoms with E-state index >= 15 is 0 Å². The van der Waals surface area contributed by atoms with Crippen LogP contribution in [-0.4, -0.2) is 28.6 Å². The van der Waals surface area contributed by atoms with Crippen molar-refractivity contribution in [1.29, 1.82) is 0 Å². The summed E-state index contributed by atoms with van der Waals surface area (Å²) in [6, 6.07) is -0.380. The first-order valence-corrected chi connectivity index (χ1v) is 6.61. The monoisotopic (exact) mass is 279 g/mol. The van der Waals surface area contributed by atoms with E-state index in [4.69, 9.17) is 28.3 Å². The lowest BCUT2D eigenvalue weighted by atomic mass is 10.2. The highest BCUT2D eigenvalue weighted by molar-refractivity contribution is 7.15. The van der Waals surface area contributed by atoms with Crippen LogP contribution in [0.25, 0.3) is 0 Å². The Morgan fingerprint density at radius 3 is 2.94 bits per heavy atom. The van der Waals surface area contributed by atoms with Crippen LogP contribution in [0.4, 0.5) is 0 Å². The van der Waals surface area contributed by atoms with Gasteiger partial charge in [-0.3, -0.25) is 9.69 Å². The second-order valence-electron chi connectivity index (χ2n) is 3.82. The number of carboxylic acid groups (broad SMARTS) is 1. The van der Waals surface area contributed by atoms with Crippen LogP contribution in [0.15, 0.2) is 5.38 Å². The summed E-state index contributed by atoms with van der Waals surface area (Å²) >= 11 is 13.3. The van der Waals surface area contributed by atoms with Crippen molar-refractivity contribution in [2.75, 3.05) is 6.54 Å². The summed E-state index contributed by atoms with van der Waals surface area (Å²) in [6.07, 6.45) is 1.64. The van der Waals surface area contributed by atoms with Crippen LogP contribution in [0.3, 0.4) is 0 Å². The molecule has 1 atom stereocenters. The molecule has 1 saturated heterocycles. The molecule has 0 radical (unpaired) electrons. The third-order valence-electron chi connectivity index (χ3n) is 2.78. The molecule has 16 heavy (non-hydrogen) atoms. The van der Waals surface area contributed by atoms with Gasteiger partial charge in [-0.05, 0) is 30.3 Å². The highest BCUT2D eigenvalue weighted by Gasteiger charge is 2.30. The number of halogens is 2. The van der Waals surface area contributed by atoms with Crippen molar-refractivity contribution in [3.05, 3.63) is 20.3 Å². The molecule has 1 aromatic rings. The number of likely N-dealkylation sites (tertiary alicyclic amines) is 1. The molecule has 6 heteroatoms. The van der Waals surface area contributed by atoms with Crippen molar-refractivity contribution in [3.63, 3.8) is 0 Å². The van der Waals surface area contributed by atoms with Crippen molar-refractivity contribution in [3.8, 4) is 0 Å². The quantitative estimate of drug-likeness (QED) is 0.924. The molecule has 0 saturated carbocycles. The van der Waals surface area contributed by atoms with Crippen molar-refractivity contribution < 1.29 is 9.90 Å². The summed E-state index contributed by atoms with van der Waals surface area (Å²) in [6.45, 7) is 1.37. The SMILES string of the molecule is O=C(O)[C@H]1CCCN1Cc1csc(Cl)c1Cl. The number of nitrogens with zero attached hydrogens (tertiary/aromatic N) is 1. The summed E-state index contributed by atoms with van der Waals surface area (Å²) < 4.78 is 0.572. The van der Waals surface area contributed by atoms with Gasteiger partial charge in [0.2, 0.25) is 0 Å². The first kappa shape index (κ1) is 12.2. The summed E-state index contributed by atoms with van der Waals surface area (Å²) in [7, 11) is 0. The van der Waals surface area contributed by atoms with E-state index in [1.165, 1.54) is 11.3 Å². The third-order valence-corrected chi connectivity index (χ3v) is 4.69. The maximum Gasteiger partial charge on any atom is 0.320 e. The van der Waals surface area contributed by atoms with E-state index < -0.39 is 5.97 Å². The fourth-order valence-corrected chi connectivity index (χ4v) is 3.21. The van der Waals surface area contributed by atoms with Gasteiger partial charge in [-0.15, -0.1) is 11.3 Å². The Labute approximate surface area is 108 Å². The van der Waals surface area contributed by atoms with Gasteiger partial charge in [-0.2, -0.15) is 0 Å². The fourth-order valence-electron chi connectivity index (χ4n) is 1.97. The average Bonchev–Trinajstić information content (AvgIpc) is 2.80. The number of hydrogen-bond donors (Lipinski definition) is 1. The van der Waals surface area contributed by atoms with Crippen LogP contribution in [0.2, 0.25) is 9.36 Å². The molecule has 0 aromatic carbocycles. The van der Waals surface area contributed by atoms with Crippen LogP contribution in [0.1, 0.15) is 18.4 Å². The van der Waals surface area contributed by atoms with E-state index in [1.807, 2.05) is 10.3 Å².